The normalized spacial score (nSPS) is 11.7. The minimum atomic E-state index is -3.96. The summed E-state index contributed by atoms with van der Waals surface area (Å²) < 4.78 is 81.8. The second-order valence-corrected chi connectivity index (χ2v) is 9.19. The fourth-order valence-electron chi connectivity index (χ4n) is 3.25. The van der Waals surface area contributed by atoms with Crippen molar-refractivity contribution < 1.29 is 30.8 Å². The van der Waals surface area contributed by atoms with Crippen LogP contribution >= 0.6 is 11.6 Å². The third-order valence-electron chi connectivity index (χ3n) is 4.62. The molecule has 33 heavy (non-hydrogen) atoms. The Hall–Kier alpha value is -3.44. The standard InChI is InChI=1S/C21H12ClF4N3O3S/c1-33(31,32)28-21(30)13-8-15(22)19(9-17(13)26)29-18-5-3-10(23)6-14(18)20(27-29)12-4-2-11(24)7-16(12)25/h2-9H,1H3,(H,28,30). The van der Waals surface area contributed by atoms with Crippen LogP contribution in [-0.4, -0.2) is 30.4 Å². The molecule has 0 spiro atoms. The van der Waals surface area contributed by atoms with Crippen LogP contribution in [0.15, 0.2) is 48.5 Å². The van der Waals surface area contributed by atoms with E-state index in [1.165, 1.54) is 6.07 Å². The highest BCUT2D eigenvalue weighted by Gasteiger charge is 2.22. The minimum Gasteiger partial charge on any atom is -0.268 e. The number of rotatable bonds is 4. The fourth-order valence-corrected chi connectivity index (χ4v) is 3.94. The maximum atomic E-state index is 14.7. The Bertz CT molecular complexity index is 1550. The van der Waals surface area contributed by atoms with Crippen LogP contribution in [0.3, 0.4) is 0 Å². The monoisotopic (exact) mass is 497 g/mol. The molecule has 6 nitrogen and oxygen atoms in total. The summed E-state index contributed by atoms with van der Waals surface area (Å²) in [6.07, 6.45) is 0.726. The highest BCUT2D eigenvalue weighted by atomic mass is 35.5. The van der Waals surface area contributed by atoms with Crippen LogP contribution in [0.5, 0.6) is 0 Å². The summed E-state index contributed by atoms with van der Waals surface area (Å²) >= 11 is 6.24. The second kappa shape index (κ2) is 8.16. The number of sulfonamides is 1. The third kappa shape index (κ3) is 4.41. The number of nitrogens with zero attached hydrogens (tertiary/aromatic N) is 2. The highest BCUT2D eigenvalue weighted by Crippen LogP contribution is 2.34. The van der Waals surface area contributed by atoms with E-state index in [9.17, 15) is 30.8 Å². The van der Waals surface area contributed by atoms with Crippen molar-refractivity contribution >= 4 is 38.4 Å². The Morgan fingerprint density at radius 1 is 0.970 bits per heavy atom. The van der Waals surface area contributed by atoms with Crippen LogP contribution < -0.4 is 4.72 Å². The van der Waals surface area contributed by atoms with Crippen LogP contribution in [0.4, 0.5) is 17.6 Å². The largest absolute Gasteiger partial charge is 0.268 e. The molecule has 1 amide bonds. The van der Waals surface area contributed by atoms with Gasteiger partial charge in [-0.15, -0.1) is 0 Å². The van der Waals surface area contributed by atoms with E-state index in [-0.39, 0.29) is 32.9 Å². The molecular formula is C21H12ClF4N3O3S. The van der Waals surface area contributed by atoms with E-state index < -0.39 is 44.8 Å². The number of fused-ring (bicyclic) bond motifs is 1. The van der Waals surface area contributed by atoms with Crippen LogP contribution in [0, 0.1) is 23.3 Å². The van der Waals surface area contributed by atoms with Crippen molar-refractivity contribution in [2.24, 2.45) is 0 Å². The molecule has 0 aliphatic heterocycles. The Balaban J connectivity index is 1.92. The maximum Gasteiger partial charge on any atom is 0.267 e. The first-order valence-electron chi connectivity index (χ1n) is 9.10. The first kappa shape index (κ1) is 22.7. The summed E-state index contributed by atoms with van der Waals surface area (Å²) in [5.41, 5.74) is -0.703. The lowest BCUT2D eigenvalue weighted by Gasteiger charge is -2.10. The van der Waals surface area contributed by atoms with Gasteiger partial charge in [0.15, 0.2) is 0 Å². The summed E-state index contributed by atoms with van der Waals surface area (Å²) in [4.78, 5) is 12.1. The van der Waals surface area contributed by atoms with Crippen LogP contribution in [-0.2, 0) is 10.0 Å². The van der Waals surface area contributed by atoms with Crippen molar-refractivity contribution in [1.82, 2.24) is 14.5 Å². The van der Waals surface area contributed by atoms with Crippen molar-refractivity contribution in [2.75, 3.05) is 6.26 Å². The zero-order valence-corrected chi connectivity index (χ0v) is 18.1. The molecule has 1 aromatic heterocycles. The van der Waals surface area contributed by atoms with E-state index in [0.29, 0.717) is 6.07 Å². The summed E-state index contributed by atoms with van der Waals surface area (Å²) in [6.45, 7) is 0. The molecule has 0 bridgehead atoms. The van der Waals surface area contributed by atoms with Gasteiger partial charge in [0.25, 0.3) is 5.91 Å². The second-order valence-electron chi connectivity index (χ2n) is 7.03. The van der Waals surface area contributed by atoms with Crippen molar-refractivity contribution in [2.45, 2.75) is 0 Å². The summed E-state index contributed by atoms with van der Waals surface area (Å²) in [6, 6.07) is 8.00. The topological polar surface area (TPSA) is 81.1 Å². The molecule has 4 rings (SSSR count). The van der Waals surface area contributed by atoms with Gasteiger partial charge in [0, 0.05) is 23.1 Å². The lowest BCUT2D eigenvalue weighted by Crippen LogP contribution is -2.30. The number of nitrogens with one attached hydrogen (secondary N) is 1. The molecule has 0 atom stereocenters. The molecular weight excluding hydrogens is 486 g/mol. The summed E-state index contributed by atoms with van der Waals surface area (Å²) in [5.74, 6) is -4.77. The number of amides is 1. The number of carbonyl (C=O) groups excluding carboxylic acids is 1. The number of carbonyl (C=O) groups is 1. The van der Waals surface area contributed by atoms with Gasteiger partial charge in [-0.25, -0.2) is 35.4 Å². The number of hydrogen-bond donors (Lipinski definition) is 1. The number of halogens is 5. The molecule has 1 N–H and O–H groups in total. The van der Waals surface area contributed by atoms with Gasteiger partial charge in [-0.2, -0.15) is 5.10 Å². The SMILES string of the molecule is CS(=O)(=O)NC(=O)c1cc(Cl)c(-n2nc(-c3ccc(F)cc3F)c3cc(F)ccc32)cc1F. The molecule has 1 heterocycles. The zero-order valence-electron chi connectivity index (χ0n) is 16.5. The number of aromatic nitrogens is 2. The molecule has 170 valence electrons. The van der Waals surface area contributed by atoms with E-state index in [4.69, 9.17) is 11.6 Å². The molecule has 0 aliphatic carbocycles. The molecule has 4 aromatic rings. The average molecular weight is 498 g/mol. The fraction of sp³-hybridized carbons (Fsp3) is 0.0476. The van der Waals surface area contributed by atoms with E-state index in [1.54, 1.807) is 4.72 Å². The first-order chi connectivity index (χ1) is 15.4. The van der Waals surface area contributed by atoms with Crippen LogP contribution in [0.2, 0.25) is 5.02 Å². The number of hydrogen-bond acceptors (Lipinski definition) is 4. The van der Waals surface area contributed by atoms with Gasteiger partial charge in [0.05, 0.1) is 28.0 Å². The minimum absolute atomic E-state index is 0.0580. The van der Waals surface area contributed by atoms with Gasteiger partial charge in [0.2, 0.25) is 10.0 Å². The van der Waals surface area contributed by atoms with E-state index in [1.807, 2.05) is 0 Å². The quantitative estimate of drug-likeness (QED) is 0.418. The molecule has 0 fully saturated rings. The Morgan fingerprint density at radius 3 is 2.30 bits per heavy atom. The van der Waals surface area contributed by atoms with Gasteiger partial charge >= 0.3 is 0 Å². The Morgan fingerprint density at radius 2 is 1.64 bits per heavy atom. The van der Waals surface area contributed by atoms with Gasteiger partial charge in [-0.1, -0.05) is 11.6 Å². The molecule has 12 heteroatoms. The molecule has 0 saturated carbocycles. The van der Waals surface area contributed by atoms with Crippen molar-refractivity contribution in [1.29, 1.82) is 0 Å². The Kier molecular flexibility index (Phi) is 5.62. The molecule has 3 aromatic carbocycles. The van der Waals surface area contributed by atoms with Crippen LogP contribution in [0.25, 0.3) is 27.8 Å². The van der Waals surface area contributed by atoms with Crippen molar-refractivity contribution in [3.8, 4) is 16.9 Å². The van der Waals surface area contributed by atoms with Gasteiger partial charge < -0.3 is 0 Å². The lowest BCUT2D eigenvalue weighted by molar-refractivity contribution is 0.0978. The molecule has 0 unspecified atom stereocenters. The molecule has 0 radical (unpaired) electrons. The average Bonchev–Trinajstić information content (AvgIpc) is 3.06. The zero-order chi connectivity index (χ0) is 24.1. The third-order valence-corrected chi connectivity index (χ3v) is 5.47. The first-order valence-corrected chi connectivity index (χ1v) is 11.4. The maximum absolute atomic E-state index is 14.7. The lowest BCUT2D eigenvalue weighted by atomic mass is 10.1. The Labute approximate surface area is 189 Å². The van der Waals surface area contributed by atoms with Crippen molar-refractivity contribution in [3.63, 3.8) is 0 Å². The number of benzene rings is 3. The predicted octanol–water partition coefficient (Wildman–Crippen LogP) is 4.59. The van der Waals surface area contributed by atoms with Crippen molar-refractivity contribution in [3.05, 3.63) is 82.4 Å². The highest BCUT2D eigenvalue weighted by molar-refractivity contribution is 7.89. The predicted molar refractivity (Wildman–Crippen MR) is 114 cm³/mol. The smallest absolute Gasteiger partial charge is 0.267 e. The van der Waals surface area contributed by atoms with E-state index in [2.05, 4.69) is 5.10 Å². The van der Waals surface area contributed by atoms with Crippen LogP contribution in [0.1, 0.15) is 10.4 Å². The van der Waals surface area contributed by atoms with Gasteiger partial charge in [-0.05, 0) is 36.4 Å². The summed E-state index contributed by atoms with van der Waals surface area (Å²) in [5, 5.41) is 4.17. The molecule has 0 aliphatic rings. The van der Waals surface area contributed by atoms with Gasteiger partial charge in [0.1, 0.15) is 29.0 Å². The molecule has 0 saturated heterocycles. The van der Waals surface area contributed by atoms with E-state index >= 15 is 0 Å². The van der Waals surface area contributed by atoms with E-state index in [0.717, 1.165) is 47.3 Å². The summed E-state index contributed by atoms with van der Waals surface area (Å²) in [7, 11) is -3.96. The van der Waals surface area contributed by atoms with Gasteiger partial charge in [-0.3, -0.25) is 4.79 Å².